The first-order valence-electron chi connectivity index (χ1n) is 11.8. The van der Waals surface area contributed by atoms with Gasteiger partial charge >= 0.3 is 0 Å². The molecular formula is C31H23NO3S2. The number of benzene rings is 3. The zero-order chi connectivity index (χ0) is 25.4. The molecule has 0 radical (unpaired) electrons. The van der Waals surface area contributed by atoms with E-state index in [1.165, 1.54) is 21.1 Å². The Bertz CT molecular complexity index is 1710. The number of carbonyl (C=O) groups is 1. The second kappa shape index (κ2) is 9.73. The van der Waals surface area contributed by atoms with Crippen LogP contribution >= 0.6 is 22.7 Å². The molecule has 3 aromatic heterocycles. The molecule has 0 amide bonds. The third-order valence-electron chi connectivity index (χ3n) is 6.38. The summed E-state index contributed by atoms with van der Waals surface area (Å²) in [5.74, 6) is 1.66. The fraction of sp³-hybridized carbons (Fsp3) is 0.0645. The molecule has 3 heterocycles. The van der Waals surface area contributed by atoms with E-state index >= 15 is 0 Å². The zero-order valence-electron chi connectivity index (χ0n) is 20.3. The summed E-state index contributed by atoms with van der Waals surface area (Å²) in [6, 6.07) is 29.1. The number of fused-ring (bicyclic) bond motifs is 3. The largest absolute Gasteiger partial charge is 0.497 e. The van der Waals surface area contributed by atoms with Crippen LogP contribution in [0.3, 0.4) is 0 Å². The quantitative estimate of drug-likeness (QED) is 0.198. The molecule has 0 aliphatic heterocycles. The van der Waals surface area contributed by atoms with Crippen LogP contribution in [0.25, 0.3) is 49.4 Å². The zero-order valence-corrected chi connectivity index (χ0v) is 21.9. The Morgan fingerprint density at radius 3 is 1.76 bits per heavy atom. The van der Waals surface area contributed by atoms with Gasteiger partial charge in [-0.3, -0.25) is 4.79 Å². The van der Waals surface area contributed by atoms with Crippen molar-refractivity contribution in [2.75, 3.05) is 14.2 Å². The fourth-order valence-corrected chi connectivity index (χ4v) is 6.37. The minimum atomic E-state index is 0.752. The molecule has 0 aliphatic rings. The van der Waals surface area contributed by atoms with Crippen molar-refractivity contribution in [3.63, 3.8) is 0 Å². The van der Waals surface area contributed by atoms with Gasteiger partial charge < -0.3 is 14.0 Å². The molecule has 0 saturated carbocycles. The van der Waals surface area contributed by atoms with Crippen molar-refractivity contribution < 1.29 is 14.3 Å². The summed E-state index contributed by atoms with van der Waals surface area (Å²) in [5, 5.41) is 2.24. The number of thiophene rings is 2. The Balaban J connectivity index is 1.32. The highest BCUT2D eigenvalue weighted by molar-refractivity contribution is 7.23. The SMILES string of the molecule is COc1ccc2c(c1)c1cc(OC)ccc1n2-c1ccc(/C=C/c2ccc(-c3ccc(C=O)s3)s2)cc1. The van der Waals surface area contributed by atoms with Crippen molar-refractivity contribution in [1.82, 2.24) is 4.57 Å². The second-order valence-electron chi connectivity index (χ2n) is 8.55. The molecule has 0 unspecified atom stereocenters. The lowest BCUT2D eigenvalue weighted by molar-refractivity contribution is 0.112. The lowest BCUT2D eigenvalue weighted by Gasteiger charge is -2.09. The number of hydrogen-bond donors (Lipinski definition) is 0. The number of carbonyl (C=O) groups excluding carboxylic acids is 1. The van der Waals surface area contributed by atoms with Gasteiger partial charge in [0.1, 0.15) is 11.5 Å². The van der Waals surface area contributed by atoms with Crippen LogP contribution in [0.1, 0.15) is 20.1 Å². The third-order valence-corrected chi connectivity index (χ3v) is 8.64. The highest BCUT2D eigenvalue weighted by atomic mass is 32.1. The van der Waals surface area contributed by atoms with Crippen LogP contribution < -0.4 is 9.47 Å². The smallest absolute Gasteiger partial charge is 0.160 e. The van der Waals surface area contributed by atoms with Crippen molar-refractivity contribution in [3.05, 3.63) is 100 Å². The van der Waals surface area contributed by atoms with Crippen molar-refractivity contribution in [2.45, 2.75) is 0 Å². The average molecular weight is 522 g/mol. The lowest BCUT2D eigenvalue weighted by Crippen LogP contribution is -1.94. The second-order valence-corrected chi connectivity index (χ2v) is 10.8. The summed E-state index contributed by atoms with van der Waals surface area (Å²) in [6.07, 6.45) is 5.17. The van der Waals surface area contributed by atoms with Crippen molar-refractivity contribution in [2.24, 2.45) is 0 Å². The summed E-state index contributed by atoms with van der Waals surface area (Å²) in [6.45, 7) is 0. The molecule has 0 atom stereocenters. The number of nitrogens with zero attached hydrogens (tertiary/aromatic N) is 1. The Kier molecular flexibility index (Phi) is 6.12. The first kappa shape index (κ1) is 23.3. The van der Waals surface area contributed by atoms with Gasteiger partial charge in [0.2, 0.25) is 0 Å². The number of ether oxygens (including phenoxy) is 2. The van der Waals surface area contributed by atoms with Gasteiger partial charge in [0.25, 0.3) is 0 Å². The normalized spacial score (nSPS) is 11.5. The summed E-state index contributed by atoms with van der Waals surface area (Å²) in [4.78, 5) is 15.2. The predicted molar refractivity (Wildman–Crippen MR) is 156 cm³/mol. The summed E-state index contributed by atoms with van der Waals surface area (Å²) >= 11 is 3.24. The molecule has 6 rings (SSSR count). The van der Waals surface area contributed by atoms with E-state index in [-0.39, 0.29) is 0 Å². The summed E-state index contributed by atoms with van der Waals surface area (Å²) in [5.41, 5.74) is 4.45. The number of aldehydes is 1. The summed E-state index contributed by atoms with van der Waals surface area (Å²) < 4.78 is 13.3. The van der Waals surface area contributed by atoms with Crippen LogP contribution in [0.4, 0.5) is 0 Å². The van der Waals surface area contributed by atoms with Crippen molar-refractivity contribution in [3.8, 4) is 26.9 Å². The molecule has 4 nitrogen and oxygen atoms in total. The molecule has 37 heavy (non-hydrogen) atoms. The highest BCUT2D eigenvalue weighted by Crippen LogP contribution is 2.37. The van der Waals surface area contributed by atoms with E-state index in [0.29, 0.717) is 0 Å². The predicted octanol–water partition coefficient (Wildman–Crippen LogP) is 8.57. The van der Waals surface area contributed by atoms with Gasteiger partial charge in [-0.15, -0.1) is 22.7 Å². The minimum Gasteiger partial charge on any atom is -0.497 e. The van der Waals surface area contributed by atoms with Crippen LogP contribution in [-0.2, 0) is 0 Å². The Labute approximate surface area is 222 Å². The standard InChI is InChI=1S/C31H23NO3S2/c1-34-22-8-13-28-26(17-22)27-18-23(35-2)9-14-29(27)32(28)21-6-3-20(4-7-21)5-10-24-11-15-30(36-24)31-16-12-25(19-33)37-31/h3-19H,1-2H3/b10-5+. The number of methoxy groups -OCH3 is 2. The highest BCUT2D eigenvalue weighted by Gasteiger charge is 2.14. The Morgan fingerprint density at radius 1 is 0.649 bits per heavy atom. The molecular weight excluding hydrogens is 498 g/mol. The monoisotopic (exact) mass is 521 g/mol. The number of hydrogen-bond acceptors (Lipinski definition) is 5. The Morgan fingerprint density at radius 2 is 1.22 bits per heavy atom. The van der Waals surface area contributed by atoms with Crippen LogP contribution in [0.5, 0.6) is 11.5 Å². The fourth-order valence-electron chi connectivity index (χ4n) is 4.55. The van der Waals surface area contributed by atoms with Crippen LogP contribution in [0.2, 0.25) is 0 Å². The summed E-state index contributed by atoms with van der Waals surface area (Å²) in [7, 11) is 3.38. The molecule has 3 aromatic carbocycles. The minimum absolute atomic E-state index is 0.752. The maximum absolute atomic E-state index is 11.0. The van der Waals surface area contributed by atoms with Gasteiger partial charge in [-0.05, 0) is 84.4 Å². The van der Waals surface area contributed by atoms with Gasteiger partial charge in [-0.25, -0.2) is 0 Å². The molecule has 0 aliphatic carbocycles. The maximum Gasteiger partial charge on any atom is 0.160 e. The molecule has 6 aromatic rings. The van der Waals surface area contributed by atoms with Gasteiger partial charge in [0.15, 0.2) is 6.29 Å². The Hall–Kier alpha value is -4.13. The average Bonchev–Trinajstić information content (AvgIpc) is 3.69. The molecule has 0 saturated heterocycles. The van der Waals surface area contributed by atoms with E-state index in [1.54, 1.807) is 25.6 Å². The van der Waals surface area contributed by atoms with Crippen LogP contribution in [-0.4, -0.2) is 25.1 Å². The molecule has 0 spiro atoms. The lowest BCUT2D eigenvalue weighted by atomic mass is 10.1. The number of rotatable bonds is 7. The van der Waals surface area contributed by atoms with E-state index in [2.05, 4.69) is 77.4 Å². The molecule has 6 heteroatoms. The van der Waals surface area contributed by atoms with E-state index < -0.39 is 0 Å². The van der Waals surface area contributed by atoms with E-state index in [0.717, 1.165) is 60.6 Å². The van der Waals surface area contributed by atoms with Gasteiger partial charge in [-0.2, -0.15) is 0 Å². The van der Waals surface area contributed by atoms with Crippen molar-refractivity contribution in [1.29, 1.82) is 0 Å². The first-order chi connectivity index (χ1) is 18.2. The maximum atomic E-state index is 11.0. The molecule has 0 bridgehead atoms. The van der Waals surface area contributed by atoms with Gasteiger partial charge in [0, 0.05) is 31.1 Å². The number of aromatic nitrogens is 1. The van der Waals surface area contributed by atoms with Gasteiger partial charge in [-0.1, -0.05) is 18.2 Å². The topological polar surface area (TPSA) is 40.5 Å². The van der Waals surface area contributed by atoms with Crippen LogP contribution in [0.15, 0.2) is 84.9 Å². The molecule has 0 N–H and O–H groups in total. The third kappa shape index (κ3) is 4.35. The van der Waals surface area contributed by atoms with Crippen LogP contribution in [0, 0.1) is 0 Å². The molecule has 0 fully saturated rings. The van der Waals surface area contributed by atoms with Gasteiger partial charge in [0.05, 0.1) is 30.1 Å². The van der Waals surface area contributed by atoms with E-state index in [4.69, 9.17) is 9.47 Å². The molecule has 182 valence electrons. The first-order valence-corrected chi connectivity index (χ1v) is 13.4. The van der Waals surface area contributed by atoms with Crippen molar-refractivity contribution >= 4 is 62.9 Å². The van der Waals surface area contributed by atoms with E-state index in [9.17, 15) is 4.79 Å². The van der Waals surface area contributed by atoms with E-state index in [1.807, 2.05) is 24.3 Å².